The predicted octanol–water partition coefficient (Wildman–Crippen LogP) is 3.97. The summed E-state index contributed by atoms with van der Waals surface area (Å²) in [6.07, 6.45) is 1.65. The summed E-state index contributed by atoms with van der Waals surface area (Å²) < 4.78 is 70.5. The van der Waals surface area contributed by atoms with Gasteiger partial charge in [-0.2, -0.15) is 4.39 Å². The fraction of sp³-hybridized carbons (Fsp3) is 0.190. The molecule has 0 spiro atoms. The van der Waals surface area contributed by atoms with Gasteiger partial charge in [0.2, 0.25) is 5.82 Å². The lowest BCUT2D eigenvalue weighted by atomic mass is 10.0. The number of nitrogens with one attached hydrogen (secondary N) is 2. The van der Waals surface area contributed by atoms with Crippen molar-refractivity contribution < 1.29 is 31.6 Å². The Bertz CT molecular complexity index is 1280. The van der Waals surface area contributed by atoms with Crippen LogP contribution in [0.5, 0.6) is 17.4 Å². The van der Waals surface area contributed by atoms with E-state index < -0.39 is 46.6 Å². The fourth-order valence-corrected chi connectivity index (χ4v) is 3.71. The molecule has 0 fully saturated rings. The van der Waals surface area contributed by atoms with Crippen molar-refractivity contribution in [1.29, 1.82) is 0 Å². The molecule has 0 aliphatic carbocycles. The lowest BCUT2D eigenvalue weighted by Crippen LogP contribution is -2.39. The van der Waals surface area contributed by atoms with Gasteiger partial charge in [-0.05, 0) is 44.3 Å². The first-order valence-corrected chi connectivity index (χ1v) is 11.0. The van der Waals surface area contributed by atoms with Crippen molar-refractivity contribution >= 4 is 23.1 Å². The summed E-state index contributed by atoms with van der Waals surface area (Å²) in [5.41, 5.74) is 0.374. The van der Waals surface area contributed by atoms with Crippen LogP contribution in [0.4, 0.5) is 23.8 Å². The van der Waals surface area contributed by atoms with Gasteiger partial charge in [0.1, 0.15) is 0 Å². The fourth-order valence-electron chi connectivity index (χ4n) is 3.29. The zero-order valence-corrected chi connectivity index (χ0v) is 18.7. The van der Waals surface area contributed by atoms with E-state index in [-0.39, 0.29) is 29.4 Å². The number of halogens is 3. The topological polar surface area (TPSA) is 106 Å². The van der Waals surface area contributed by atoms with Crippen molar-refractivity contribution in [2.45, 2.75) is 19.5 Å². The van der Waals surface area contributed by atoms with Crippen molar-refractivity contribution in [2.75, 3.05) is 11.8 Å². The third kappa shape index (κ3) is 4.52. The molecular formula is C21H18F3N5O4S. The Kier molecular flexibility index (Phi) is 6.65. The van der Waals surface area contributed by atoms with E-state index in [0.29, 0.717) is 5.56 Å². The number of anilines is 1. The smallest absolute Gasteiger partial charge is 0.416 e. The highest BCUT2D eigenvalue weighted by Gasteiger charge is 2.35. The van der Waals surface area contributed by atoms with Gasteiger partial charge in [-0.15, -0.1) is 0 Å². The van der Waals surface area contributed by atoms with Crippen LogP contribution >= 0.6 is 0 Å². The van der Waals surface area contributed by atoms with Crippen molar-refractivity contribution in [3.8, 4) is 17.4 Å². The summed E-state index contributed by atoms with van der Waals surface area (Å²) in [7, 11) is 1.41. The third-order valence-electron chi connectivity index (χ3n) is 5.05. The number of carbonyl (C=O) groups is 1. The Balaban J connectivity index is 1.60. The molecule has 2 aromatic heterocycles. The molecule has 0 bridgehead atoms. The monoisotopic (exact) mass is 493 g/mol. The Hall–Kier alpha value is -3.71. The minimum absolute atomic E-state index is 0.0731. The molecule has 178 valence electrons. The van der Waals surface area contributed by atoms with Gasteiger partial charge in [0, 0.05) is 23.5 Å². The quantitative estimate of drug-likeness (QED) is 0.516. The molecule has 3 heterocycles. The van der Waals surface area contributed by atoms with Crippen LogP contribution in [0, 0.1) is 17.5 Å². The molecule has 4 rings (SSSR count). The van der Waals surface area contributed by atoms with Gasteiger partial charge < -0.3 is 9.47 Å². The molecule has 0 radical (unpaired) electrons. The normalized spacial score (nSPS) is 16.0. The van der Waals surface area contributed by atoms with E-state index in [2.05, 4.69) is 19.4 Å². The van der Waals surface area contributed by atoms with Gasteiger partial charge in [0.15, 0.2) is 40.1 Å². The van der Waals surface area contributed by atoms with Gasteiger partial charge in [0.25, 0.3) is 5.88 Å². The van der Waals surface area contributed by atoms with Crippen LogP contribution in [0.15, 0.2) is 42.7 Å². The number of ether oxygens (including phenoxy) is 2. The van der Waals surface area contributed by atoms with E-state index in [4.69, 9.17) is 9.47 Å². The molecule has 1 aromatic carbocycles. The number of pyridine rings is 2. The van der Waals surface area contributed by atoms with Crippen LogP contribution in [-0.4, -0.2) is 32.2 Å². The summed E-state index contributed by atoms with van der Waals surface area (Å²) in [4.78, 5) is 21.4. The van der Waals surface area contributed by atoms with Gasteiger partial charge in [-0.3, -0.25) is 9.62 Å². The first-order chi connectivity index (χ1) is 16.3. The second-order valence-corrected chi connectivity index (χ2v) is 8.22. The van der Waals surface area contributed by atoms with Crippen molar-refractivity contribution in [3.63, 3.8) is 0 Å². The molecule has 2 N–H and O–H groups in total. The van der Waals surface area contributed by atoms with Gasteiger partial charge >= 0.3 is 6.09 Å². The highest BCUT2D eigenvalue weighted by atomic mass is 32.2. The van der Waals surface area contributed by atoms with Crippen molar-refractivity contribution in [3.05, 3.63) is 71.3 Å². The SMILES string of the molecule is CNS(=O)Nc1nccc(CN2C(=O)Oc3c(ccc(Oc4ncccc4F)c3F)C2C)c1F. The number of hydrogen-bond acceptors (Lipinski definition) is 6. The van der Waals surface area contributed by atoms with Crippen LogP contribution in [0.2, 0.25) is 0 Å². The van der Waals surface area contributed by atoms with E-state index in [1.54, 1.807) is 6.92 Å². The number of aromatic nitrogens is 2. The molecule has 0 saturated heterocycles. The average Bonchev–Trinajstić information content (AvgIpc) is 2.82. The molecule has 1 aliphatic heterocycles. The largest absolute Gasteiger partial charge is 0.433 e. The number of amides is 1. The zero-order chi connectivity index (χ0) is 24.4. The second kappa shape index (κ2) is 9.65. The van der Waals surface area contributed by atoms with E-state index >= 15 is 4.39 Å². The minimum Gasteiger partial charge on any atom is -0.433 e. The summed E-state index contributed by atoms with van der Waals surface area (Å²) in [6, 6.07) is 5.84. The van der Waals surface area contributed by atoms with Crippen LogP contribution < -0.4 is 18.9 Å². The van der Waals surface area contributed by atoms with Gasteiger partial charge in [-0.1, -0.05) is 0 Å². The number of hydrogen-bond donors (Lipinski definition) is 2. The average molecular weight is 493 g/mol. The maximum Gasteiger partial charge on any atom is 0.416 e. The molecule has 9 nitrogen and oxygen atoms in total. The summed E-state index contributed by atoms with van der Waals surface area (Å²) in [5, 5.41) is 0. The number of rotatable bonds is 7. The molecule has 2 atom stereocenters. The third-order valence-corrected chi connectivity index (χ3v) is 5.80. The molecule has 1 amide bonds. The van der Waals surface area contributed by atoms with Crippen LogP contribution in [0.25, 0.3) is 0 Å². The van der Waals surface area contributed by atoms with Gasteiger partial charge in [0.05, 0.1) is 12.6 Å². The summed E-state index contributed by atoms with van der Waals surface area (Å²) in [6.45, 7) is 1.39. The second-order valence-electron chi connectivity index (χ2n) is 7.07. The lowest BCUT2D eigenvalue weighted by molar-refractivity contribution is 0.114. The highest BCUT2D eigenvalue weighted by molar-refractivity contribution is 7.84. The summed E-state index contributed by atoms with van der Waals surface area (Å²) in [5.74, 6) is -4.04. The highest BCUT2D eigenvalue weighted by Crippen LogP contribution is 2.41. The maximum absolute atomic E-state index is 15.1. The number of nitrogens with zero attached hydrogens (tertiary/aromatic N) is 3. The molecular weight excluding hydrogens is 475 g/mol. The van der Waals surface area contributed by atoms with Crippen LogP contribution in [-0.2, 0) is 17.7 Å². The van der Waals surface area contributed by atoms with Crippen molar-refractivity contribution in [1.82, 2.24) is 19.6 Å². The standard InChI is InChI=1S/C21H18F3N5O4S/c1-11-13-5-6-15(32-20-14(22)4-3-8-27-20)17(24)18(13)33-21(30)29(11)10-12-7-9-26-19(16(12)23)28-34(31)25-2/h3-9,11,25H,10H2,1-2H3,(H,26,28). The molecule has 2 unspecified atom stereocenters. The zero-order valence-electron chi connectivity index (χ0n) is 17.8. The Morgan fingerprint density at radius 2 is 1.94 bits per heavy atom. The van der Waals surface area contributed by atoms with Crippen LogP contribution in [0.1, 0.15) is 24.1 Å². The predicted molar refractivity (Wildman–Crippen MR) is 116 cm³/mol. The molecule has 1 aliphatic rings. The van der Waals surface area contributed by atoms with Crippen LogP contribution in [0.3, 0.4) is 0 Å². The first-order valence-electron chi connectivity index (χ1n) is 9.88. The first kappa shape index (κ1) is 23.4. The van der Waals surface area contributed by atoms with E-state index in [0.717, 1.165) is 6.07 Å². The molecule has 0 saturated carbocycles. The van der Waals surface area contributed by atoms with E-state index in [1.165, 1.54) is 48.6 Å². The van der Waals surface area contributed by atoms with E-state index in [1.807, 2.05) is 0 Å². The van der Waals surface area contributed by atoms with E-state index in [9.17, 15) is 17.8 Å². The number of fused-ring (bicyclic) bond motifs is 1. The molecule has 34 heavy (non-hydrogen) atoms. The Morgan fingerprint density at radius 1 is 1.15 bits per heavy atom. The van der Waals surface area contributed by atoms with Crippen molar-refractivity contribution in [2.24, 2.45) is 0 Å². The maximum atomic E-state index is 15.1. The number of benzene rings is 1. The Morgan fingerprint density at radius 3 is 2.68 bits per heavy atom. The summed E-state index contributed by atoms with van der Waals surface area (Å²) >= 11 is -1.76. The minimum atomic E-state index is -1.76. The van der Waals surface area contributed by atoms with Gasteiger partial charge in [-0.25, -0.2) is 32.5 Å². The molecule has 13 heteroatoms. The lowest BCUT2D eigenvalue weighted by Gasteiger charge is -2.34. The molecule has 3 aromatic rings. The Labute approximate surface area is 194 Å². The number of carbonyl (C=O) groups excluding carboxylic acids is 1.